The number of ether oxygens (including phenoxy) is 2. The van der Waals surface area contributed by atoms with Gasteiger partial charge in [-0.3, -0.25) is 14.9 Å². The standard InChI is InChI=1S/C22H21ClN2O5/c1-4-29-19-12-14(9-10-18(19)30-13(2)3)11-15-20(26)24-22(28)25(21(15)27)17-8-6-5-7-16(17)23/h5-13H,4H2,1-3H3,(H,24,26,28)/b15-11+. The lowest BCUT2D eigenvalue weighted by molar-refractivity contribution is -0.122. The average Bonchev–Trinajstić information content (AvgIpc) is 2.68. The van der Waals surface area contributed by atoms with E-state index in [9.17, 15) is 14.4 Å². The van der Waals surface area contributed by atoms with E-state index in [1.807, 2.05) is 20.8 Å². The van der Waals surface area contributed by atoms with Gasteiger partial charge in [-0.25, -0.2) is 9.69 Å². The molecule has 2 aromatic carbocycles. The zero-order valence-corrected chi connectivity index (χ0v) is 17.5. The van der Waals surface area contributed by atoms with Crippen LogP contribution < -0.4 is 19.7 Å². The molecule has 3 rings (SSSR count). The SMILES string of the molecule is CCOc1cc(/C=C2\C(=O)NC(=O)N(c3ccccc3Cl)C2=O)ccc1OC(C)C. The van der Waals surface area contributed by atoms with Gasteiger partial charge in [-0.05, 0) is 56.7 Å². The summed E-state index contributed by atoms with van der Waals surface area (Å²) in [6.07, 6.45) is 1.35. The monoisotopic (exact) mass is 428 g/mol. The molecular formula is C22H21ClN2O5. The second-order valence-electron chi connectivity index (χ2n) is 6.72. The number of nitrogens with zero attached hydrogens (tertiary/aromatic N) is 1. The predicted molar refractivity (Wildman–Crippen MR) is 114 cm³/mol. The van der Waals surface area contributed by atoms with Gasteiger partial charge >= 0.3 is 6.03 Å². The number of urea groups is 1. The van der Waals surface area contributed by atoms with E-state index in [4.69, 9.17) is 21.1 Å². The van der Waals surface area contributed by atoms with Crippen molar-refractivity contribution in [2.24, 2.45) is 0 Å². The quantitative estimate of drug-likeness (QED) is 0.550. The summed E-state index contributed by atoms with van der Waals surface area (Å²) in [4.78, 5) is 38.5. The van der Waals surface area contributed by atoms with Gasteiger partial charge in [0.1, 0.15) is 5.57 Å². The average molecular weight is 429 g/mol. The number of barbiturate groups is 1. The van der Waals surface area contributed by atoms with Crippen molar-refractivity contribution in [3.63, 3.8) is 0 Å². The summed E-state index contributed by atoms with van der Waals surface area (Å²) >= 11 is 6.14. The third-order valence-corrected chi connectivity index (χ3v) is 4.46. The van der Waals surface area contributed by atoms with Crippen LogP contribution in [-0.2, 0) is 9.59 Å². The van der Waals surface area contributed by atoms with E-state index < -0.39 is 17.8 Å². The van der Waals surface area contributed by atoms with Gasteiger partial charge in [-0.15, -0.1) is 0 Å². The molecule has 0 aromatic heterocycles. The molecule has 0 radical (unpaired) electrons. The summed E-state index contributed by atoms with van der Waals surface area (Å²) < 4.78 is 11.4. The molecule has 1 fully saturated rings. The number of carbonyl (C=O) groups excluding carboxylic acids is 3. The van der Waals surface area contributed by atoms with Gasteiger partial charge in [-0.1, -0.05) is 29.8 Å². The van der Waals surface area contributed by atoms with Crippen LogP contribution in [0.4, 0.5) is 10.5 Å². The first kappa shape index (κ1) is 21.4. The molecule has 0 spiro atoms. The number of hydrogen-bond acceptors (Lipinski definition) is 5. The lowest BCUT2D eigenvalue weighted by Gasteiger charge is -2.27. The molecule has 156 valence electrons. The summed E-state index contributed by atoms with van der Waals surface area (Å²) in [5.74, 6) is -0.504. The lowest BCUT2D eigenvalue weighted by Crippen LogP contribution is -2.54. The molecular weight excluding hydrogens is 408 g/mol. The van der Waals surface area contributed by atoms with E-state index in [1.54, 1.807) is 36.4 Å². The molecule has 30 heavy (non-hydrogen) atoms. The number of benzene rings is 2. The Labute approximate surface area is 179 Å². The summed E-state index contributed by atoms with van der Waals surface area (Å²) in [7, 11) is 0. The minimum atomic E-state index is -0.856. The molecule has 1 heterocycles. The second-order valence-corrected chi connectivity index (χ2v) is 7.12. The highest BCUT2D eigenvalue weighted by atomic mass is 35.5. The summed E-state index contributed by atoms with van der Waals surface area (Å²) in [5, 5.41) is 2.39. The van der Waals surface area contributed by atoms with Crippen LogP contribution in [0.5, 0.6) is 11.5 Å². The zero-order chi connectivity index (χ0) is 21.8. The molecule has 0 unspecified atom stereocenters. The number of imide groups is 2. The fourth-order valence-corrected chi connectivity index (χ4v) is 3.13. The van der Waals surface area contributed by atoms with E-state index in [1.165, 1.54) is 12.1 Å². The number of rotatable bonds is 6. The van der Waals surface area contributed by atoms with Gasteiger partial charge in [0.2, 0.25) is 0 Å². The van der Waals surface area contributed by atoms with Crippen LogP contribution in [-0.4, -0.2) is 30.6 Å². The Morgan fingerprint density at radius 1 is 1.10 bits per heavy atom. The Morgan fingerprint density at radius 2 is 1.83 bits per heavy atom. The van der Waals surface area contributed by atoms with Gasteiger partial charge in [0.25, 0.3) is 11.8 Å². The maximum atomic E-state index is 13.0. The third-order valence-electron chi connectivity index (χ3n) is 4.14. The van der Waals surface area contributed by atoms with Crippen molar-refractivity contribution in [3.05, 3.63) is 58.6 Å². The number of carbonyl (C=O) groups is 3. The molecule has 0 saturated carbocycles. The van der Waals surface area contributed by atoms with Crippen molar-refractivity contribution in [1.82, 2.24) is 5.32 Å². The zero-order valence-electron chi connectivity index (χ0n) is 16.8. The molecule has 4 amide bonds. The Hall–Kier alpha value is -3.32. The normalized spacial score (nSPS) is 15.6. The minimum absolute atomic E-state index is 0.0469. The summed E-state index contributed by atoms with van der Waals surface area (Å²) in [5.41, 5.74) is 0.534. The van der Waals surface area contributed by atoms with E-state index in [2.05, 4.69) is 5.32 Å². The van der Waals surface area contributed by atoms with Crippen LogP contribution in [0.25, 0.3) is 6.08 Å². The van der Waals surface area contributed by atoms with Crippen molar-refractivity contribution in [1.29, 1.82) is 0 Å². The second kappa shape index (κ2) is 9.00. The van der Waals surface area contributed by atoms with Crippen molar-refractivity contribution in [3.8, 4) is 11.5 Å². The van der Waals surface area contributed by atoms with Gasteiger partial charge in [-0.2, -0.15) is 0 Å². The fourth-order valence-electron chi connectivity index (χ4n) is 2.91. The van der Waals surface area contributed by atoms with Gasteiger partial charge in [0.05, 0.1) is 23.4 Å². The molecule has 0 bridgehead atoms. The van der Waals surface area contributed by atoms with E-state index in [-0.39, 0.29) is 22.4 Å². The molecule has 0 aliphatic carbocycles. The molecule has 2 aromatic rings. The number of halogens is 1. The smallest absolute Gasteiger partial charge is 0.335 e. The maximum absolute atomic E-state index is 13.0. The van der Waals surface area contributed by atoms with Crippen LogP contribution >= 0.6 is 11.6 Å². The van der Waals surface area contributed by atoms with Crippen LogP contribution in [0.15, 0.2) is 48.0 Å². The van der Waals surface area contributed by atoms with E-state index in [0.717, 1.165) is 4.90 Å². The Morgan fingerprint density at radius 3 is 2.50 bits per heavy atom. The molecule has 1 N–H and O–H groups in total. The molecule has 1 saturated heterocycles. The van der Waals surface area contributed by atoms with Crippen molar-refractivity contribution in [2.45, 2.75) is 26.9 Å². The summed E-state index contributed by atoms with van der Waals surface area (Å²) in [6.45, 7) is 6.06. The van der Waals surface area contributed by atoms with Gasteiger partial charge in [0, 0.05) is 0 Å². The Balaban J connectivity index is 2.00. The minimum Gasteiger partial charge on any atom is -0.490 e. The van der Waals surface area contributed by atoms with Crippen molar-refractivity contribution >= 4 is 41.2 Å². The number of amides is 4. The Bertz CT molecular complexity index is 1030. The van der Waals surface area contributed by atoms with Crippen molar-refractivity contribution in [2.75, 3.05) is 11.5 Å². The van der Waals surface area contributed by atoms with Crippen LogP contribution in [0, 0.1) is 0 Å². The van der Waals surface area contributed by atoms with Crippen LogP contribution in [0.3, 0.4) is 0 Å². The number of nitrogens with one attached hydrogen (secondary N) is 1. The third kappa shape index (κ3) is 4.46. The lowest BCUT2D eigenvalue weighted by atomic mass is 10.1. The topological polar surface area (TPSA) is 84.9 Å². The molecule has 1 aliphatic rings. The van der Waals surface area contributed by atoms with E-state index >= 15 is 0 Å². The largest absolute Gasteiger partial charge is 0.490 e. The van der Waals surface area contributed by atoms with E-state index in [0.29, 0.717) is 23.7 Å². The van der Waals surface area contributed by atoms with Gasteiger partial charge < -0.3 is 9.47 Å². The Kier molecular flexibility index (Phi) is 6.42. The first-order valence-corrected chi connectivity index (χ1v) is 9.79. The number of hydrogen-bond donors (Lipinski definition) is 1. The molecule has 8 heteroatoms. The van der Waals surface area contributed by atoms with Crippen LogP contribution in [0.2, 0.25) is 5.02 Å². The first-order chi connectivity index (χ1) is 14.3. The first-order valence-electron chi connectivity index (χ1n) is 9.41. The highest BCUT2D eigenvalue weighted by Crippen LogP contribution is 2.32. The van der Waals surface area contributed by atoms with Gasteiger partial charge in [0.15, 0.2) is 11.5 Å². The molecule has 0 atom stereocenters. The number of anilines is 1. The highest BCUT2D eigenvalue weighted by Gasteiger charge is 2.37. The molecule has 1 aliphatic heterocycles. The molecule has 7 nitrogen and oxygen atoms in total. The fraction of sp³-hybridized carbons (Fsp3) is 0.227. The summed E-state index contributed by atoms with van der Waals surface area (Å²) in [6, 6.07) is 10.6. The predicted octanol–water partition coefficient (Wildman–Crippen LogP) is 4.19. The highest BCUT2D eigenvalue weighted by molar-refractivity contribution is 6.42. The maximum Gasteiger partial charge on any atom is 0.335 e. The van der Waals surface area contributed by atoms with Crippen molar-refractivity contribution < 1.29 is 23.9 Å². The number of para-hydroxylation sites is 1. The van der Waals surface area contributed by atoms with Crippen LogP contribution in [0.1, 0.15) is 26.3 Å².